The summed E-state index contributed by atoms with van der Waals surface area (Å²) in [6, 6.07) is 10.5. The molecule has 2 aromatic heterocycles. The van der Waals surface area contributed by atoms with Crippen molar-refractivity contribution in [3.63, 3.8) is 0 Å². The van der Waals surface area contributed by atoms with E-state index < -0.39 is 33.9 Å². The fraction of sp³-hybridized carbons (Fsp3) is 0.381. The van der Waals surface area contributed by atoms with Crippen LogP contribution >= 0.6 is 0 Å². The summed E-state index contributed by atoms with van der Waals surface area (Å²) in [5.41, 5.74) is -0.133. The largest absolute Gasteiger partial charge is 0.497 e. The van der Waals surface area contributed by atoms with Gasteiger partial charge in [0.05, 0.1) is 17.0 Å². The lowest BCUT2D eigenvalue weighted by Gasteiger charge is -2.32. The van der Waals surface area contributed by atoms with E-state index in [0.29, 0.717) is 16.4 Å². The van der Waals surface area contributed by atoms with Crippen LogP contribution in [0.4, 0.5) is 0 Å². The van der Waals surface area contributed by atoms with Gasteiger partial charge in [0.15, 0.2) is 0 Å². The molecular formula is C21H25BN2O5S. The molecule has 1 aromatic carbocycles. The lowest BCUT2D eigenvalue weighted by atomic mass is 9.78. The first-order valence-electron chi connectivity index (χ1n) is 9.76. The van der Waals surface area contributed by atoms with Crippen molar-refractivity contribution in [3.8, 4) is 0 Å². The van der Waals surface area contributed by atoms with Gasteiger partial charge in [-0.15, -0.1) is 0 Å². The maximum absolute atomic E-state index is 13.1. The molecule has 7 nitrogen and oxygen atoms in total. The Morgan fingerprint density at radius 1 is 1.00 bits per heavy atom. The number of hydrogen-bond donors (Lipinski definition) is 0. The second kappa shape index (κ2) is 6.83. The Morgan fingerprint density at radius 3 is 2.20 bits per heavy atom. The van der Waals surface area contributed by atoms with Gasteiger partial charge in [-0.2, -0.15) is 0 Å². The summed E-state index contributed by atoms with van der Waals surface area (Å²) in [4.78, 5) is 12.9. The number of fused-ring (bicyclic) bond motifs is 1. The van der Waals surface area contributed by atoms with Gasteiger partial charge in [-0.1, -0.05) is 30.3 Å². The molecule has 0 amide bonds. The standard InChI is InChI=1S/C21H25BN2O5S/c1-20(2)21(3,4)29-22(28-20)17-13-23(5)19(25)18-16(17)11-12-24(18)30(26,27)14-15-9-7-6-8-10-15/h6-13H,14H2,1-5H3. The molecule has 0 unspecified atom stereocenters. The highest BCUT2D eigenvalue weighted by atomic mass is 32.2. The molecule has 1 fully saturated rings. The normalized spacial score (nSPS) is 18.2. The van der Waals surface area contributed by atoms with Crippen molar-refractivity contribution in [2.24, 2.45) is 7.05 Å². The zero-order chi connectivity index (χ0) is 21.9. The van der Waals surface area contributed by atoms with Gasteiger partial charge in [0.2, 0.25) is 10.0 Å². The van der Waals surface area contributed by atoms with Crippen LogP contribution in [0.2, 0.25) is 0 Å². The van der Waals surface area contributed by atoms with E-state index in [-0.39, 0.29) is 11.3 Å². The van der Waals surface area contributed by atoms with Crippen LogP contribution in [0.1, 0.15) is 33.3 Å². The number of aryl methyl sites for hydroxylation is 1. The average Bonchev–Trinajstić information content (AvgIpc) is 3.18. The molecule has 0 radical (unpaired) electrons. The topological polar surface area (TPSA) is 79.5 Å². The molecule has 0 atom stereocenters. The van der Waals surface area contributed by atoms with E-state index in [1.54, 1.807) is 43.6 Å². The number of aromatic nitrogens is 2. The molecule has 0 spiro atoms. The van der Waals surface area contributed by atoms with E-state index in [9.17, 15) is 13.2 Å². The maximum Gasteiger partial charge on any atom is 0.497 e. The van der Waals surface area contributed by atoms with Gasteiger partial charge in [0.25, 0.3) is 5.56 Å². The molecular weight excluding hydrogens is 403 g/mol. The van der Waals surface area contributed by atoms with Crippen molar-refractivity contribution in [2.45, 2.75) is 44.6 Å². The zero-order valence-corrected chi connectivity index (χ0v) is 18.6. The van der Waals surface area contributed by atoms with Crippen molar-refractivity contribution >= 4 is 33.5 Å². The molecule has 9 heteroatoms. The molecule has 30 heavy (non-hydrogen) atoms. The van der Waals surface area contributed by atoms with E-state index >= 15 is 0 Å². The Labute approximate surface area is 176 Å². The summed E-state index contributed by atoms with van der Waals surface area (Å²) in [5, 5.41) is 0.508. The molecule has 158 valence electrons. The first-order chi connectivity index (χ1) is 13.9. The van der Waals surface area contributed by atoms with Crippen molar-refractivity contribution in [3.05, 3.63) is 64.7 Å². The fourth-order valence-corrected chi connectivity index (χ4v) is 5.06. The molecule has 4 rings (SSSR count). The van der Waals surface area contributed by atoms with Crippen LogP contribution in [0.3, 0.4) is 0 Å². The van der Waals surface area contributed by atoms with Gasteiger partial charge < -0.3 is 13.9 Å². The molecule has 1 saturated heterocycles. The minimum Gasteiger partial charge on any atom is -0.399 e. The third kappa shape index (κ3) is 3.31. The van der Waals surface area contributed by atoms with E-state index in [1.165, 1.54) is 10.8 Å². The maximum atomic E-state index is 13.1. The lowest BCUT2D eigenvalue weighted by molar-refractivity contribution is 0.00578. The molecule has 1 aliphatic heterocycles. The number of pyridine rings is 1. The van der Waals surface area contributed by atoms with Gasteiger partial charge in [-0.3, -0.25) is 4.79 Å². The van der Waals surface area contributed by atoms with Crippen LogP contribution in [-0.4, -0.2) is 35.3 Å². The Kier molecular flexibility index (Phi) is 4.76. The molecule has 3 heterocycles. The molecule has 3 aromatic rings. The molecule has 0 aliphatic carbocycles. The summed E-state index contributed by atoms with van der Waals surface area (Å²) < 4.78 is 41.0. The summed E-state index contributed by atoms with van der Waals surface area (Å²) in [5.74, 6) is -0.207. The lowest BCUT2D eigenvalue weighted by Crippen LogP contribution is -2.41. The van der Waals surface area contributed by atoms with E-state index in [0.717, 1.165) is 3.97 Å². The van der Waals surface area contributed by atoms with Crippen molar-refractivity contribution in [1.29, 1.82) is 0 Å². The first-order valence-corrected chi connectivity index (χ1v) is 11.4. The second-order valence-corrected chi connectivity index (χ2v) is 10.6. The van der Waals surface area contributed by atoms with E-state index in [1.807, 2.05) is 33.8 Å². The molecule has 0 saturated carbocycles. The quantitative estimate of drug-likeness (QED) is 0.595. The van der Waals surface area contributed by atoms with Crippen LogP contribution in [0, 0.1) is 0 Å². The third-order valence-corrected chi connectivity index (χ3v) is 7.62. The summed E-state index contributed by atoms with van der Waals surface area (Å²) >= 11 is 0. The zero-order valence-electron chi connectivity index (χ0n) is 17.7. The second-order valence-electron chi connectivity index (χ2n) is 8.70. The third-order valence-electron chi connectivity index (χ3n) is 6.02. The minimum atomic E-state index is -3.80. The number of hydrogen-bond acceptors (Lipinski definition) is 5. The van der Waals surface area contributed by atoms with Gasteiger partial charge in [0.1, 0.15) is 5.52 Å². The van der Waals surface area contributed by atoms with E-state index in [4.69, 9.17) is 9.31 Å². The Bertz CT molecular complexity index is 1260. The number of benzene rings is 1. The van der Waals surface area contributed by atoms with Gasteiger partial charge in [-0.05, 0) is 39.3 Å². The number of nitrogens with zero attached hydrogens (tertiary/aromatic N) is 2. The molecule has 0 bridgehead atoms. The average molecular weight is 428 g/mol. The van der Waals surface area contributed by atoms with Crippen LogP contribution in [0.5, 0.6) is 0 Å². The Hall–Kier alpha value is -2.36. The predicted molar refractivity (Wildman–Crippen MR) is 117 cm³/mol. The van der Waals surface area contributed by atoms with Gasteiger partial charge >= 0.3 is 7.12 Å². The summed E-state index contributed by atoms with van der Waals surface area (Å²) in [7, 11) is -2.92. The summed E-state index contributed by atoms with van der Waals surface area (Å²) in [6.45, 7) is 7.78. The van der Waals surface area contributed by atoms with Gasteiger partial charge in [0, 0.05) is 30.3 Å². The smallest absolute Gasteiger partial charge is 0.399 e. The first kappa shape index (κ1) is 20.9. The van der Waals surface area contributed by atoms with Crippen molar-refractivity contribution in [1.82, 2.24) is 8.54 Å². The highest BCUT2D eigenvalue weighted by Gasteiger charge is 2.52. The van der Waals surface area contributed by atoms with Crippen LogP contribution < -0.4 is 11.0 Å². The highest BCUT2D eigenvalue weighted by molar-refractivity contribution is 7.89. The monoisotopic (exact) mass is 428 g/mol. The van der Waals surface area contributed by atoms with Crippen molar-refractivity contribution in [2.75, 3.05) is 0 Å². The Morgan fingerprint density at radius 2 is 1.60 bits per heavy atom. The summed E-state index contributed by atoms with van der Waals surface area (Å²) in [6.07, 6.45) is 3.08. The highest BCUT2D eigenvalue weighted by Crippen LogP contribution is 2.37. The van der Waals surface area contributed by atoms with Crippen molar-refractivity contribution < 1.29 is 17.7 Å². The molecule has 0 N–H and O–H groups in total. The predicted octanol–water partition coefficient (Wildman–Crippen LogP) is 2.02. The van der Waals surface area contributed by atoms with Crippen LogP contribution in [-0.2, 0) is 32.1 Å². The molecule has 1 aliphatic rings. The number of rotatable bonds is 4. The Balaban J connectivity index is 1.85. The van der Waals surface area contributed by atoms with Gasteiger partial charge in [-0.25, -0.2) is 12.4 Å². The van der Waals surface area contributed by atoms with E-state index in [2.05, 4.69) is 0 Å². The fourth-order valence-electron chi connectivity index (χ4n) is 3.60. The van der Waals surface area contributed by atoms with Crippen LogP contribution in [0.15, 0.2) is 53.6 Å². The van der Waals surface area contributed by atoms with Crippen LogP contribution in [0.25, 0.3) is 10.9 Å². The SMILES string of the molecule is Cn1cc(B2OC(C)(C)C(C)(C)O2)c2ccn(S(=O)(=O)Cc3ccccc3)c2c1=O. The minimum absolute atomic E-state index is 0.0978.